The van der Waals surface area contributed by atoms with E-state index in [1.54, 1.807) is 0 Å². The number of thiazole rings is 1. The topological polar surface area (TPSA) is 33.1 Å². The van der Waals surface area contributed by atoms with Gasteiger partial charge in [0.05, 0.1) is 10.2 Å². The predicted octanol–water partition coefficient (Wildman–Crippen LogP) is 5.25. The first-order chi connectivity index (χ1) is 12.3. The maximum atomic E-state index is 11.6. The molecule has 0 amide bonds. The van der Waals surface area contributed by atoms with Crippen LogP contribution in [0, 0.1) is 0 Å². The van der Waals surface area contributed by atoms with Crippen LogP contribution in [0.15, 0.2) is 91.0 Å². The summed E-state index contributed by atoms with van der Waals surface area (Å²) in [5.74, 6) is 0. The smallest absolute Gasteiger partial charge is 0.160 e. The van der Waals surface area contributed by atoms with E-state index in [4.69, 9.17) is 4.98 Å². The van der Waals surface area contributed by atoms with Crippen LogP contribution >= 0.6 is 11.3 Å². The molecule has 0 aliphatic carbocycles. The van der Waals surface area contributed by atoms with Gasteiger partial charge in [0.25, 0.3) is 0 Å². The largest absolute Gasteiger partial charge is 0.374 e. The van der Waals surface area contributed by atoms with E-state index in [0.29, 0.717) is 5.01 Å². The average Bonchev–Trinajstić information content (AvgIpc) is 3.12. The molecule has 1 N–H and O–H groups in total. The zero-order valence-electron chi connectivity index (χ0n) is 13.5. The van der Waals surface area contributed by atoms with Crippen LogP contribution in [0.1, 0.15) is 16.1 Å². The Balaban J connectivity index is 1.85. The summed E-state index contributed by atoms with van der Waals surface area (Å²) >= 11 is 1.52. The van der Waals surface area contributed by atoms with Crippen molar-refractivity contribution in [2.75, 3.05) is 0 Å². The van der Waals surface area contributed by atoms with Crippen LogP contribution in [0.25, 0.3) is 16.3 Å². The van der Waals surface area contributed by atoms with Crippen LogP contribution in [0.3, 0.4) is 0 Å². The molecular weight excluding hydrogens is 326 g/mol. The van der Waals surface area contributed by atoms with Gasteiger partial charge in [0.15, 0.2) is 5.60 Å². The second kappa shape index (κ2) is 6.63. The number of benzene rings is 3. The van der Waals surface area contributed by atoms with Crippen LogP contribution in [0.5, 0.6) is 0 Å². The molecule has 3 aromatic carbocycles. The first-order valence-corrected chi connectivity index (χ1v) is 8.95. The third-order valence-corrected chi connectivity index (χ3v) is 5.31. The highest BCUT2D eigenvalue weighted by Crippen LogP contribution is 2.36. The van der Waals surface area contributed by atoms with E-state index in [-0.39, 0.29) is 0 Å². The fraction of sp³-hybridized carbons (Fsp3) is 0.0455. The van der Waals surface area contributed by atoms with E-state index in [1.807, 2.05) is 97.1 Å². The molecule has 0 saturated heterocycles. The van der Waals surface area contributed by atoms with Crippen molar-refractivity contribution in [1.82, 2.24) is 4.98 Å². The molecular formula is C22H17NOS. The molecule has 0 aliphatic heterocycles. The van der Waals surface area contributed by atoms with Crippen molar-refractivity contribution in [3.63, 3.8) is 0 Å². The Morgan fingerprint density at radius 1 is 0.800 bits per heavy atom. The van der Waals surface area contributed by atoms with Crippen molar-refractivity contribution in [3.05, 3.63) is 107 Å². The molecule has 1 atom stereocenters. The second-order valence-corrected chi connectivity index (χ2v) is 6.89. The van der Waals surface area contributed by atoms with Gasteiger partial charge in [0.1, 0.15) is 5.01 Å². The van der Waals surface area contributed by atoms with Crippen molar-refractivity contribution < 1.29 is 5.11 Å². The Morgan fingerprint density at radius 3 is 2.16 bits per heavy atom. The van der Waals surface area contributed by atoms with Gasteiger partial charge in [-0.15, -0.1) is 11.3 Å². The van der Waals surface area contributed by atoms with Gasteiger partial charge in [-0.3, -0.25) is 0 Å². The van der Waals surface area contributed by atoms with Crippen LogP contribution in [0.4, 0.5) is 0 Å². The van der Waals surface area contributed by atoms with Crippen molar-refractivity contribution in [3.8, 4) is 0 Å². The molecule has 0 aliphatic rings. The molecule has 0 saturated carbocycles. The van der Waals surface area contributed by atoms with E-state index >= 15 is 0 Å². The summed E-state index contributed by atoms with van der Waals surface area (Å²) in [4.78, 5) is 4.69. The Morgan fingerprint density at radius 2 is 1.44 bits per heavy atom. The normalized spacial score (nSPS) is 14.0. The van der Waals surface area contributed by atoms with E-state index in [0.717, 1.165) is 21.3 Å². The lowest BCUT2D eigenvalue weighted by atomic mass is 9.93. The summed E-state index contributed by atoms with van der Waals surface area (Å²) in [5, 5.41) is 12.3. The molecule has 1 unspecified atom stereocenters. The van der Waals surface area contributed by atoms with Gasteiger partial charge in [-0.1, -0.05) is 78.9 Å². The first kappa shape index (κ1) is 15.8. The third kappa shape index (κ3) is 3.12. The minimum absolute atomic E-state index is 0.673. The highest BCUT2D eigenvalue weighted by atomic mass is 32.1. The number of fused-ring (bicyclic) bond motifs is 1. The molecule has 1 heterocycles. The van der Waals surface area contributed by atoms with Crippen molar-refractivity contribution in [2.24, 2.45) is 0 Å². The Bertz CT molecular complexity index is 975. The van der Waals surface area contributed by atoms with Crippen LogP contribution in [0.2, 0.25) is 0 Å². The fourth-order valence-corrected chi connectivity index (χ4v) is 3.86. The van der Waals surface area contributed by atoms with Gasteiger partial charge >= 0.3 is 0 Å². The number of nitrogens with zero attached hydrogens (tertiary/aromatic N) is 1. The monoisotopic (exact) mass is 343 g/mol. The lowest BCUT2D eigenvalue weighted by molar-refractivity contribution is 0.135. The van der Waals surface area contributed by atoms with Gasteiger partial charge in [-0.25, -0.2) is 4.98 Å². The van der Waals surface area contributed by atoms with E-state index in [1.165, 1.54) is 11.3 Å². The lowest BCUT2D eigenvalue weighted by Crippen LogP contribution is -2.24. The zero-order chi connectivity index (χ0) is 17.1. The summed E-state index contributed by atoms with van der Waals surface area (Å²) in [6, 6.07) is 27.6. The maximum absolute atomic E-state index is 11.6. The van der Waals surface area contributed by atoms with Crippen LogP contribution in [-0.2, 0) is 5.60 Å². The molecule has 0 radical (unpaired) electrons. The molecule has 2 nitrogen and oxygen atoms in total. The summed E-state index contributed by atoms with van der Waals surface area (Å²) in [6.07, 6.45) is 3.77. The van der Waals surface area contributed by atoms with Crippen LogP contribution in [-0.4, -0.2) is 10.1 Å². The molecule has 0 fully saturated rings. The molecule has 4 rings (SSSR count). The molecule has 25 heavy (non-hydrogen) atoms. The Kier molecular flexibility index (Phi) is 4.18. The molecule has 3 heteroatoms. The highest BCUT2D eigenvalue weighted by Gasteiger charge is 2.32. The molecule has 122 valence electrons. The maximum Gasteiger partial charge on any atom is 0.160 e. The Hall–Kier alpha value is -2.75. The minimum Gasteiger partial charge on any atom is -0.374 e. The zero-order valence-corrected chi connectivity index (χ0v) is 14.4. The van der Waals surface area contributed by atoms with Crippen molar-refractivity contribution in [2.45, 2.75) is 5.60 Å². The van der Waals surface area contributed by atoms with Gasteiger partial charge in [-0.05, 0) is 29.3 Å². The van der Waals surface area contributed by atoms with Gasteiger partial charge in [0, 0.05) is 0 Å². The summed E-state index contributed by atoms with van der Waals surface area (Å²) < 4.78 is 1.07. The SMILES string of the molecule is OC(C=Cc1ccccc1)(c1ccccc1)c1nc2ccccc2s1. The summed E-state index contributed by atoms with van der Waals surface area (Å²) in [6.45, 7) is 0. The molecule has 1 aromatic heterocycles. The van der Waals surface area contributed by atoms with Gasteiger partial charge < -0.3 is 5.11 Å². The number of aromatic nitrogens is 1. The quantitative estimate of drug-likeness (QED) is 0.549. The number of para-hydroxylation sites is 1. The molecule has 4 aromatic rings. The molecule has 0 bridgehead atoms. The highest BCUT2D eigenvalue weighted by molar-refractivity contribution is 7.18. The summed E-state index contributed by atoms with van der Waals surface area (Å²) in [7, 11) is 0. The second-order valence-electron chi connectivity index (χ2n) is 5.86. The van der Waals surface area contributed by atoms with Gasteiger partial charge in [-0.2, -0.15) is 0 Å². The average molecular weight is 343 g/mol. The molecule has 0 spiro atoms. The first-order valence-electron chi connectivity index (χ1n) is 8.14. The van der Waals surface area contributed by atoms with E-state index < -0.39 is 5.60 Å². The predicted molar refractivity (Wildman–Crippen MR) is 105 cm³/mol. The third-order valence-electron chi connectivity index (χ3n) is 4.15. The van der Waals surface area contributed by atoms with E-state index in [2.05, 4.69) is 0 Å². The van der Waals surface area contributed by atoms with Gasteiger partial charge in [0.2, 0.25) is 0 Å². The number of aliphatic hydroxyl groups is 1. The van der Waals surface area contributed by atoms with Crippen LogP contribution < -0.4 is 0 Å². The van der Waals surface area contributed by atoms with Crippen molar-refractivity contribution >= 4 is 27.6 Å². The number of rotatable bonds is 4. The summed E-state index contributed by atoms with van der Waals surface area (Å²) in [5.41, 5.74) is 1.49. The number of hydrogen-bond donors (Lipinski definition) is 1. The fourth-order valence-electron chi connectivity index (χ4n) is 2.80. The minimum atomic E-state index is -1.26. The van der Waals surface area contributed by atoms with Crippen molar-refractivity contribution in [1.29, 1.82) is 0 Å². The standard InChI is InChI=1S/C22H17NOS/c24-22(18-11-5-2-6-12-18,16-15-17-9-3-1-4-10-17)21-23-19-13-7-8-14-20(19)25-21/h1-16,24H. The Labute approximate surface area is 150 Å². The lowest BCUT2D eigenvalue weighted by Gasteiger charge is -2.22. The van der Waals surface area contributed by atoms with E-state index in [9.17, 15) is 5.11 Å². The number of hydrogen-bond acceptors (Lipinski definition) is 3.